The van der Waals surface area contributed by atoms with Crippen molar-refractivity contribution in [1.82, 2.24) is 0 Å². The summed E-state index contributed by atoms with van der Waals surface area (Å²) in [4.78, 5) is 23.8. The average Bonchev–Trinajstić information content (AvgIpc) is 3.19. The van der Waals surface area contributed by atoms with Gasteiger partial charge < -0.3 is 21.1 Å². The van der Waals surface area contributed by atoms with Crippen LogP contribution in [0.1, 0.15) is 0 Å². The van der Waals surface area contributed by atoms with Crippen molar-refractivity contribution in [3.8, 4) is 0 Å². The fourth-order valence-corrected chi connectivity index (χ4v) is 4.93. The Labute approximate surface area is 131 Å². The molecule has 0 heterocycles. The maximum absolute atomic E-state index is 11.7. The van der Waals surface area contributed by atoms with Gasteiger partial charge in [-0.25, -0.2) is 0 Å². The molecule has 5 N–H and O–H groups in total. The van der Waals surface area contributed by atoms with Crippen LogP contribution in [0.3, 0.4) is 0 Å². The molecule has 0 radical (unpaired) electrons. The number of aliphatic hydroxyl groups is 1. The predicted molar refractivity (Wildman–Crippen MR) is 79.3 cm³/mol. The molecule has 2 aliphatic rings. The van der Waals surface area contributed by atoms with Crippen LogP contribution in [0.4, 0.5) is 0 Å². The van der Waals surface area contributed by atoms with E-state index in [1.807, 2.05) is 30.3 Å². The zero-order valence-corrected chi connectivity index (χ0v) is 12.4. The van der Waals surface area contributed by atoms with Gasteiger partial charge in [-0.1, -0.05) is 18.2 Å². The predicted octanol–water partition coefficient (Wildman–Crippen LogP) is 0.498. The Morgan fingerprint density at radius 2 is 1.86 bits per heavy atom. The first-order chi connectivity index (χ1) is 10.4. The molecule has 2 aliphatic carbocycles. The van der Waals surface area contributed by atoms with Crippen molar-refractivity contribution >= 4 is 23.7 Å². The molecule has 0 unspecified atom stereocenters. The number of thioether (sulfide) groups is 1. The van der Waals surface area contributed by atoms with Crippen molar-refractivity contribution in [1.29, 1.82) is 0 Å². The molecule has 3 rings (SSSR count). The fourth-order valence-electron chi connectivity index (χ4n) is 3.73. The zero-order valence-electron chi connectivity index (χ0n) is 11.6. The Hall–Kier alpha value is -1.57. The van der Waals surface area contributed by atoms with Crippen LogP contribution in [-0.2, 0) is 9.59 Å². The molecule has 6 nitrogen and oxygen atoms in total. The maximum atomic E-state index is 11.7. The van der Waals surface area contributed by atoms with Crippen molar-refractivity contribution in [2.24, 2.45) is 29.4 Å². The summed E-state index contributed by atoms with van der Waals surface area (Å²) >= 11 is 1.42. The second kappa shape index (κ2) is 5.26. The van der Waals surface area contributed by atoms with Crippen molar-refractivity contribution in [3.05, 3.63) is 30.3 Å². The number of carbonyl (C=O) groups is 2. The Kier molecular flexibility index (Phi) is 3.66. The van der Waals surface area contributed by atoms with Gasteiger partial charge in [-0.15, -0.1) is 11.8 Å². The number of hydrogen-bond donors (Lipinski definition) is 4. The van der Waals surface area contributed by atoms with Gasteiger partial charge in [0.15, 0.2) is 0 Å². The van der Waals surface area contributed by atoms with E-state index in [9.17, 15) is 19.8 Å². The van der Waals surface area contributed by atoms with Crippen LogP contribution in [0.25, 0.3) is 0 Å². The Balaban J connectivity index is 1.79. The van der Waals surface area contributed by atoms with E-state index in [0.29, 0.717) is 5.75 Å². The van der Waals surface area contributed by atoms with Gasteiger partial charge in [-0.05, 0) is 12.1 Å². The smallest absolute Gasteiger partial charge is 0.324 e. The fraction of sp³-hybridized carbons (Fsp3) is 0.467. The minimum Gasteiger partial charge on any atom is -0.481 e. The normalized spacial score (nSPS) is 39.3. The highest BCUT2D eigenvalue weighted by molar-refractivity contribution is 7.99. The molecule has 1 aromatic rings. The van der Waals surface area contributed by atoms with Crippen LogP contribution < -0.4 is 5.73 Å². The minimum atomic E-state index is -1.69. The third kappa shape index (κ3) is 2.12. The standard InChI is InChI=1S/C15H17NO5S/c16-15(14(20)21)8(6-22-7-4-2-1-3-5-7)12(17)9-10(11(9)15)13(18)19/h1-5,8-12,17H,6,16H2,(H,18,19)(H,20,21)/t8-,9-,10-,11-,12-,15-/m0/s1. The number of fused-ring (bicyclic) bond motifs is 1. The van der Waals surface area contributed by atoms with E-state index in [2.05, 4.69) is 0 Å². The number of rotatable bonds is 5. The molecule has 2 saturated carbocycles. The first kappa shape index (κ1) is 15.3. The quantitative estimate of drug-likeness (QED) is 0.582. The molecular weight excluding hydrogens is 306 g/mol. The van der Waals surface area contributed by atoms with E-state index in [0.717, 1.165) is 4.90 Å². The van der Waals surface area contributed by atoms with E-state index >= 15 is 0 Å². The lowest BCUT2D eigenvalue weighted by Crippen LogP contribution is -2.58. The first-order valence-electron chi connectivity index (χ1n) is 7.00. The highest BCUT2D eigenvalue weighted by Gasteiger charge is 2.77. The van der Waals surface area contributed by atoms with Crippen molar-refractivity contribution < 1.29 is 24.9 Å². The number of carboxylic acids is 2. The summed E-state index contributed by atoms with van der Waals surface area (Å²) in [5.41, 5.74) is 4.39. The van der Waals surface area contributed by atoms with Gasteiger partial charge in [0.2, 0.25) is 0 Å². The highest BCUT2D eigenvalue weighted by Crippen LogP contribution is 2.64. The van der Waals surface area contributed by atoms with Gasteiger partial charge in [0.25, 0.3) is 0 Å². The van der Waals surface area contributed by atoms with E-state index in [1.54, 1.807) is 0 Å². The molecule has 7 heteroatoms. The lowest BCUT2D eigenvalue weighted by atomic mass is 9.81. The molecule has 22 heavy (non-hydrogen) atoms. The summed E-state index contributed by atoms with van der Waals surface area (Å²) in [6.07, 6.45) is -0.997. The van der Waals surface area contributed by atoms with Gasteiger partial charge in [0.1, 0.15) is 5.54 Å². The van der Waals surface area contributed by atoms with Crippen LogP contribution in [-0.4, -0.2) is 44.7 Å². The minimum absolute atomic E-state index is 0.341. The van der Waals surface area contributed by atoms with E-state index < -0.39 is 47.3 Å². The number of nitrogens with two attached hydrogens (primary N) is 1. The Morgan fingerprint density at radius 1 is 1.23 bits per heavy atom. The van der Waals surface area contributed by atoms with Gasteiger partial charge in [0.05, 0.1) is 12.0 Å². The molecule has 0 bridgehead atoms. The summed E-state index contributed by atoms with van der Waals surface area (Å²) in [6, 6.07) is 9.42. The van der Waals surface area contributed by atoms with Crippen LogP contribution in [0.15, 0.2) is 35.2 Å². The largest absolute Gasteiger partial charge is 0.481 e. The molecule has 2 fully saturated rings. The van der Waals surface area contributed by atoms with Crippen molar-refractivity contribution in [3.63, 3.8) is 0 Å². The monoisotopic (exact) mass is 323 g/mol. The molecule has 1 aromatic carbocycles. The van der Waals surface area contributed by atoms with Gasteiger partial charge in [0, 0.05) is 28.4 Å². The number of aliphatic carboxylic acids is 2. The SMILES string of the molecule is N[C@]1(C(=O)O)[C@@H]2[C@@H](C(=O)O)[C@@H]2[C@@H](O)[C@@H]1CSc1ccccc1. The highest BCUT2D eigenvalue weighted by atomic mass is 32.2. The topological polar surface area (TPSA) is 121 Å². The van der Waals surface area contributed by atoms with Gasteiger partial charge >= 0.3 is 11.9 Å². The summed E-state index contributed by atoms with van der Waals surface area (Å²) in [5.74, 6) is -4.75. The second-order valence-corrected chi connectivity index (χ2v) is 7.02. The number of benzene rings is 1. The Morgan fingerprint density at radius 3 is 2.41 bits per heavy atom. The van der Waals surface area contributed by atoms with E-state index in [-0.39, 0.29) is 0 Å². The number of hydrogen-bond acceptors (Lipinski definition) is 5. The van der Waals surface area contributed by atoms with E-state index in [1.165, 1.54) is 11.8 Å². The van der Waals surface area contributed by atoms with Gasteiger partial charge in [-0.3, -0.25) is 9.59 Å². The first-order valence-corrected chi connectivity index (χ1v) is 7.98. The molecule has 118 valence electrons. The summed E-state index contributed by atoms with van der Waals surface area (Å²) < 4.78 is 0. The van der Waals surface area contributed by atoms with Crippen LogP contribution in [0.2, 0.25) is 0 Å². The van der Waals surface area contributed by atoms with Crippen LogP contribution in [0, 0.1) is 23.7 Å². The molecular formula is C15H17NO5S. The van der Waals surface area contributed by atoms with Gasteiger partial charge in [-0.2, -0.15) is 0 Å². The summed E-state index contributed by atoms with van der Waals surface area (Å²) in [6.45, 7) is 0. The lowest BCUT2D eigenvalue weighted by Gasteiger charge is -2.32. The third-order valence-electron chi connectivity index (χ3n) is 4.88. The van der Waals surface area contributed by atoms with Crippen LogP contribution in [0.5, 0.6) is 0 Å². The second-order valence-electron chi connectivity index (χ2n) is 5.93. The molecule has 6 atom stereocenters. The molecule has 0 saturated heterocycles. The molecule has 0 amide bonds. The van der Waals surface area contributed by atoms with Crippen molar-refractivity contribution in [2.75, 3.05) is 5.75 Å². The third-order valence-corrected chi connectivity index (χ3v) is 6.01. The zero-order chi connectivity index (χ0) is 16.1. The summed E-state index contributed by atoms with van der Waals surface area (Å²) in [5, 5.41) is 29.0. The number of carboxylic acid groups (broad SMARTS) is 2. The number of aliphatic hydroxyl groups excluding tert-OH is 1. The molecule has 0 spiro atoms. The Bertz CT molecular complexity index is 609. The maximum Gasteiger partial charge on any atom is 0.324 e. The average molecular weight is 323 g/mol. The lowest BCUT2D eigenvalue weighted by molar-refractivity contribution is -0.148. The molecule has 0 aliphatic heterocycles. The van der Waals surface area contributed by atoms with Crippen LogP contribution >= 0.6 is 11.8 Å². The molecule has 0 aromatic heterocycles. The van der Waals surface area contributed by atoms with E-state index in [4.69, 9.17) is 10.8 Å². The van der Waals surface area contributed by atoms with Crippen molar-refractivity contribution in [2.45, 2.75) is 16.5 Å². The summed E-state index contributed by atoms with van der Waals surface area (Å²) in [7, 11) is 0.